The zero-order chi connectivity index (χ0) is 20.2. The molecule has 29 heavy (non-hydrogen) atoms. The minimum atomic E-state index is -0.000401. The molecule has 0 aliphatic carbocycles. The third kappa shape index (κ3) is 4.79. The molecule has 0 fully saturated rings. The summed E-state index contributed by atoms with van der Waals surface area (Å²) in [6.45, 7) is 3.15. The number of fused-ring (bicyclic) bond motifs is 1. The van der Waals surface area contributed by atoms with E-state index in [1.54, 1.807) is 11.3 Å². The Hall–Kier alpha value is -2.39. The molecule has 4 rings (SSSR count). The van der Waals surface area contributed by atoms with Gasteiger partial charge in [-0.3, -0.25) is 9.20 Å². The molecule has 5 nitrogen and oxygen atoms in total. The van der Waals surface area contributed by atoms with Crippen LogP contribution in [0, 0.1) is 3.57 Å². The monoisotopic (exact) mass is 517 g/mol. The van der Waals surface area contributed by atoms with Gasteiger partial charge in [-0.1, -0.05) is 12.1 Å². The van der Waals surface area contributed by atoms with E-state index in [1.165, 1.54) is 3.57 Å². The summed E-state index contributed by atoms with van der Waals surface area (Å²) in [5, 5.41) is 4.99. The van der Waals surface area contributed by atoms with Crippen molar-refractivity contribution in [3.05, 3.63) is 74.9 Å². The molecule has 0 saturated heterocycles. The Bertz CT molecular complexity index is 1120. The highest BCUT2D eigenvalue weighted by atomic mass is 127. The van der Waals surface area contributed by atoms with Gasteiger partial charge >= 0.3 is 0 Å². The molecular weight excluding hydrogens is 497 g/mol. The van der Waals surface area contributed by atoms with Gasteiger partial charge in [-0.2, -0.15) is 0 Å². The van der Waals surface area contributed by atoms with E-state index in [0.717, 1.165) is 33.2 Å². The lowest BCUT2D eigenvalue weighted by Gasteiger charge is -2.05. The first-order valence-corrected chi connectivity index (χ1v) is 11.3. The maximum atomic E-state index is 12.4. The predicted molar refractivity (Wildman–Crippen MR) is 124 cm³/mol. The van der Waals surface area contributed by atoms with Crippen molar-refractivity contribution in [1.82, 2.24) is 14.7 Å². The maximum Gasteiger partial charge on any atom is 0.226 e. The van der Waals surface area contributed by atoms with Crippen LogP contribution in [0.25, 0.3) is 16.2 Å². The first kappa shape index (κ1) is 19.9. The second-order valence-electron chi connectivity index (χ2n) is 6.54. The summed E-state index contributed by atoms with van der Waals surface area (Å²) in [5.41, 5.74) is 3.95. The van der Waals surface area contributed by atoms with E-state index < -0.39 is 0 Å². The molecule has 0 aliphatic heterocycles. The van der Waals surface area contributed by atoms with Crippen LogP contribution in [-0.4, -0.2) is 21.9 Å². The number of imidazole rings is 1. The van der Waals surface area contributed by atoms with Crippen LogP contribution >= 0.6 is 33.9 Å². The van der Waals surface area contributed by atoms with Gasteiger partial charge in [0.25, 0.3) is 0 Å². The first-order valence-electron chi connectivity index (χ1n) is 9.32. The molecule has 7 heteroatoms. The van der Waals surface area contributed by atoms with E-state index in [2.05, 4.69) is 27.9 Å². The highest BCUT2D eigenvalue weighted by Crippen LogP contribution is 2.25. The molecular formula is C22H20IN3O2S. The molecule has 0 spiro atoms. The number of nitrogens with one attached hydrogen (secondary N) is 1. The van der Waals surface area contributed by atoms with Crippen LogP contribution in [0.3, 0.4) is 0 Å². The second-order valence-corrected chi connectivity index (χ2v) is 8.63. The van der Waals surface area contributed by atoms with Gasteiger partial charge in [-0.25, -0.2) is 4.98 Å². The lowest BCUT2D eigenvalue weighted by atomic mass is 10.1. The number of hydrogen-bond acceptors (Lipinski definition) is 4. The number of carbonyl (C=O) groups excluding carboxylic acids is 1. The lowest BCUT2D eigenvalue weighted by molar-refractivity contribution is -0.120. The first-order chi connectivity index (χ1) is 14.1. The summed E-state index contributed by atoms with van der Waals surface area (Å²) in [7, 11) is 0. The molecule has 0 aliphatic rings. The number of amides is 1. The molecule has 148 valence electrons. The van der Waals surface area contributed by atoms with Crippen molar-refractivity contribution in [3.63, 3.8) is 0 Å². The van der Waals surface area contributed by atoms with E-state index >= 15 is 0 Å². The largest absolute Gasteiger partial charge is 0.494 e. The highest BCUT2D eigenvalue weighted by Gasteiger charge is 2.12. The highest BCUT2D eigenvalue weighted by molar-refractivity contribution is 14.1. The minimum absolute atomic E-state index is 0.000401. The van der Waals surface area contributed by atoms with Gasteiger partial charge in [0.05, 0.1) is 18.7 Å². The van der Waals surface area contributed by atoms with Crippen LogP contribution in [0.5, 0.6) is 5.75 Å². The average Bonchev–Trinajstić information content (AvgIpc) is 3.30. The topological polar surface area (TPSA) is 55.6 Å². The number of ether oxygens (including phenoxy) is 1. The number of hydrogen-bond donors (Lipinski definition) is 1. The van der Waals surface area contributed by atoms with Crippen molar-refractivity contribution in [2.75, 3.05) is 6.61 Å². The van der Waals surface area contributed by atoms with Crippen molar-refractivity contribution < 1.29 is 9.53 Å². The number of nitrogens with zero attached hydrogens (tertiary/aromatic N) is 2. The average molecular weight is 517 g/mol. The SMILES string of the molecule is CCOc1ccc(-c2cn3c(CC(=O)NCc4ccc(I)cc4)csc3n2)cc1. The number of benzene rings is 2. The number of rotatable bonds is 7. The minimum Gasteiger partial charge on any atom is -0.494 e. The summed E-state index contributed by atoms with van der Waals surface area (Å²) in [4.78, 5) is 18.0. The van der Waals surface area contributed by atoms with E-state index in [4.69, 9.17) is 9.72 Å². The fraction of sp³-hybridized carbons (Fsp3) is 0.182. The van der Waals surface area contributed by atoms with Gasteiger partial charge in [-0.15, -0.1) is 11.3 Å². The van der Waals surface area contributed by atoms with Crippen LogP contribution in [0.2, 0.25) is 0 Å². The fourth-order valence-corrected chi connectivity index (χ4v) is 4.25. The van der Waals surface area contributed by atoms with Gasteiger partial charge in [0, 0.05) is 32.9 Å². The number of halogens is 1. The molecule has 2 heterocycles. The van der Waals surface area contributed by atoms with Gasteiger partial charge in [-0.05, 0) is 71.5 Å². The Morgan fingerprint density at radius 2 is 1.93 bits per heavy atom. The van der Waals surface area contributed by atoms with E-state index in [0.29, 0.717) is 19.6 Å². The Morgan fingerprint density at radius 3 is 2.66 bits per heavy atom. The van der Waals surface area contributed by atoms with E-state index in [-0.39, 0.29) is 5.91 Å². The molecule has 2 aromatic carbocycles. The normalized spacial score (nSPS) is 11.0. The van der Waals surface area contributed by atoms with Crippen molar-refractivity contribution >= 4 is 44.8 Å². The molecule has 2 aromatic heterocycles. The number of carbonyl (C=O) groups is 1. The standard InChI is InChI=1S/C22H20IN3O2S/c1-2-28-19-9-5-16(6-10-19)20-13-26-18(14-29-22(26)25-20)11-21(27)24-12-15-3-7-17(23)8-4-15/h3-10,13-14H,2,11-12H2,1H3,(H,24,27). The maximum absolute atomic E-state index is 12.4. The Labute approximate surface area is 186 Å². The number of aromatic nitrogens is 2. The third-order valence-corrected chi connectivity index (χ3v) is 6.10. The van der Waals surface area contributed by atoms with Crippen LogP contribution in [0.15, 0.2) is 60.1 Å². The lowest BCUT2D eigenvalue weighted by Crippen LogP contribution is -2.24. The van der Waals surface area contributed by atoms with Crippen LogP contribution in [0.1, 0.15) is 18.2 Å². The van der Waals surface area contributed by atoms with E-state index in [9.17, 15) is 4.79 Å². The zero-order valence-corrected chi connectivity index (χ0v) is 18.9. The van der Waals surface area contributed by atoms with Crippen molar-refractivity contribution in [1.29, 1.82) is 0 Å². The van der Waals surface area contributed by atoms with Crippen molar-refractivity contribution in [2.45, 2.75) is 19.9 Å². The van der Waals surface area contributed by atoms with Gasteiger partial charge in [0.1, 0.15) is 5.75 Å². The molecule has 1 amide bonds. The molecule has 0 unspecified atom stereocenters. The van der Waals surface area contributed by atoms with Crippen LogP contribution in [-0.2, 0) is 17.8 Å². The molecule has 0 radical (unpaired) electrons. The molecule has 0 saturated carbocycles. The summed E-state index contributed by atoms with van der Waals surface area (Å²) in [6.07, 6.45) is 2.31. The van der Waals surface area contributed by atoms with Crippen molar-refractivity contribution in [2.24, 2.45) is 0 Å². The van der Waals surface area contributed by atoms with Gasteiger partial charge < -0.3 is 10.1 Å². The Kier molecular flexibility index (Phi) is 6.15. The summed E-state index contributed by atoms with van der Waals surface area (Å²) in [5.74, 6) is 0.849. The van der Waals surface area contributed by atoms with Gasteiger partial charge in [0.15, 0.2) is 4.96 Å². The second kappa shape index (κ2) is 8.96. The smallest absolute Gasteiger partial charge is 0.226 e. The molecule has 4 aromatic rings. The predicted octanol–water partition coefficient (Wildman–Crippen LogP) is 4.93. The van der Waals surface area contributed by atoms with Crippen LogP contribution < -0.4 is 10.1 Å². The van der Waals surface area contributed by atoms with Crippen molar-refractivity contribution in [3.8, 4) is 17.0 Å². The summed E-state index contributed by atoms with van der Waals surface area (Å²) >= 11 is 3.82. The number of thiazole rings is 1. The molecule has 1 N–H and O–H groups in total. The Morgan fingerprint density at radius 1 is 1.17 bits per heavy atom. The molecule has 0 atom stereocenters. The Balaban J connectivity index is 1.44. The summed E-state index contributed by atoms with van der Waals surface area (Å²) in [6, 6.07) is 16.1. The quantitative estimate of drug-likeness (QED) is 0.354. The third-order valence-electron chi connectivity index (χ3n) is 4.49. The fourth-order valence-electron chi connectivity index (χ4n) is 3.01. The van der Waals surface area contributed by atoms with E-state index in [1.807, 2.05) is 71.4 Å². The van der Waals surface area contributed by atoms with Crippen LogP contribution in [0.4, 0.5) is 0 Å². The molecule has 0 bridgehead atoms. The van der Waals surface area contributed by atoms with Gasteiger partial charge in [0.2, 0.25) is 5.91 Å². The zero-order valence-electron chi connectivity index (χ0n) is 15.9. The summed E-state index contributed by atoms with van der Waals surface area (Å²) < 4.78 is 8.68.